The van der Waals surface area contributed by atoms with E-state index in [1.54, 1.807) is 12.1 Å². The van der Waals surface area contributed by atoms with E-state index in [4.69, 9.17) is 4.74 Å². The number of nitrogens with zero attached hydrogens (tertiary/aromatic N) is 1. The maximum absolute atomic E-state index is 12.7. The first-order chi connectivity index (χ1) is 8.48. The van der Waals surface area contributed by atoms with Gasteiger partial charge < -0.3 is 9.84 Å². The first-order valence-electron chi connectivity index (χ1n) is 4.96. The standard InChI is InChI=1S/C12H8F3NO2/c13-12(14,15)8-4-3-5-9(17)11(8)18-10-6-1-2-7-16-10/h1-7,17H. The van der Waals surface area contributed by atoms with Crippen molar-refractivity contribution in [2.75, 3.05) is 0 Å². The number of hydrogen-bond acceptors (Lipinski definition) is 3. The summed E-state index contributed by atoms with van der Waals surface area (Å²) in [6.07, 6.45) is -3.23. The second-order valence-corrected chi connectivity index (χ2v) is 3.42. The van der Waals surface area contributed by atoms with Crippen molar-refractivity contribution < 1.29 is 23.0 Å². The van der Waals surface area contributed by atoms with E-state index in [9.17, 15) is 18.3 Å². The molecule has 0 saturated heterocycles. The summed E-state index contributed by atoms with van der Waals surface area (Å²) >= 11 is 0. The summed E-state index contributed by atoms with van der Waals surface area (Å²) in [6.45, 7) is 0. The summed E-state index contributed by atoms with van der Waals surface area (Å²) in [7, 11) is 0. The molecule has 1 N–H and O–H groups in total. The summed E-state index contributed by atoms with van der Waals surface area (Å²) in [5.41, 5.74) is -1.05. The fourth-order valence-electron chi connectivity index (χ4n) is 1.37. The highest BCUT2D eigenvalue weighted by Gasteiger charge is 2.35. The Balaban J connectivity index is 2.44. The van der Waals surface area contributed by atoms with Crippen LogP contribution in [0.2, 0.25) is 0 Å². The van der Waals surface area contributed by atoms with Crippen molar-refractivity contribution in [1.82, 2.24) is 4.98 Å². The topological polar surface area (TPSA) is 42.4 Å². The minimum atomic E-state index is -4.61. The molecule has 0 aliphatic rings. The van der Waals surface area contributed by atoms with Crippen molar-refractivity contribution in [2.24, 2.45) is 0 Å². The number of phenols is 1. The molecule has 0 fully saturated rings. The van der Waals surface area contributed by atoms with Gasteiger partial charge in [-0.3, -0.25) is 0 Å². The summed E-state index contributed by atoms with van der Waals surface area (Å²) < 4.78 is 43.1. The fourth-order valence-corrected chi connectivity index (χ4v) is 1.37. The van der Waals surface area contributed by atoms with Gasteiger partial charge in [-0.2, -0.15) is 13.2 Å². The fraction of sp³-hybridized carbons (Fsp3) is 0.0833. The van der Waals surface area contributed by atoms with E-state index in [0.29, 0.717) is 0 Å². The molecule has 1 aromatic heterocycles. The Kier molecular flexibility index (Phi) is 3.10. The van der Waals surface area contributed by atoms with Crippen LogP contribution in [-0.2, 0) is 6.18 Å². The van der Waals surface area contributed by atoms with Crippen LogP contribution in [0.4, 0.5) is 13.2 Å². The quantitative estimate of drug-likeness (QED) is 0.891. The van der Waals surface area contributed by atoms with Crippen molar-refractivity contribution in [3.8, 4) is 17.4 Å². The van der Waals surface area contributed by atoms with Gasteiger partial charge in [0.1, 0.15) is 5.56 Å². The van der Waals surface area contributed by atoms with Gasteiger partial charge in [0.05, 0.1) is 0 Å². The molecule has 18 heavy (non-hydrogen) atoms. The number of halogens is 3. The zero-order valence-electron chi connectivity index (χ0n) is 8.98. The molecule has 0 amide bonds. The van der Waals surface area contributed by atoms with Gasteiger partial charge in [0.25, 0.3) is 0 Å². The molecule has 0 saturated carbocycles. The predicted molar refractivity (Wildman–Crippen MR) is 57.4 cm³/mol. The molecule has 6 heteroatoms. The zero-order chi connectivity index (χ0) is 13.2. The van der Waals surface area contributed by atoms with E-state index in [1.807, 2.05) is 0 Å². The number of benzene rings is 1. The third kappa shape index (κ3) is 2.53. The predicted octanol–water partition coefficient (Wildman–Crippen LogP) is 3.60. The number of rotatable bonds is 2. The van der Waals surface area contributed by atoms with Gasteiger partial charge in [-0.15, -0.1) is 0 Å². The largest absolute Gasteiger partial charge is 0.504 e. The monoisotopic (exact) mass is 255 g/mol. The summed E-state index contributed by atoms with van der Waals surface area (Å²) in [5, 5.41) is 9.46. The number of para-hydroxylation sites is 1. The Hall–Kier alpha value is -2.24. The molecular weight excluding hydrogens is 247 g/mol. The molecule has 0 atom stereocenters. The molecule has 0 bridgehead atoms. The molecule has 0 aliphatic carbocycles. The number of hydrogen-bond donors (Lipinski definition) is 1. The van der Waals surface area contributed by atoms with Crippen LogP contribution in [0.15, 0.2) is 42.6 Å². The Bertz CT molecular complexity index is 541. The average molecular weight is 255 g/mol. The molecule has 1 aromatic carbocycles. The second-order valence-electron chi connectivity index (χ2n) is 3.42. The van der Waals surface area contributed by atoms with Crippen molar-refractivity contribution >= 4 is 0 Å². The molecular formula is C12H8F3NO2. The van der Waals surface area contributed by atoms with Crippen LogP contribution in [0.5, 0.6) is 17.4 Å². The lowest BCUT2D eigenvalue weighted by Crippen LogP contribution is -2.07. The lowest BCUT2D eigenvalue weighted by molar-refractivity contribution is -0.138. The number of aromatic nitrogens is 1. The van der Waals surface area contributed by atoms with E-state index in [1.165, 1.54) is 12.3 Å². The van der Waals surface area contributed by atoms with Crippen LogP contribution < -0.4 is 4.74 Å². The van der Waals surface area contributed by atoms with Crippen LogP contribution in [0.3, 0.4) is 0 Å². The first kappa shape index (κ1) is 12.2. The Morgan fingerprint density at radius 3 is 2.44 bits per heavy atom. The molecule has 2 rings (SSSR count). The minimum absolute atomic E-state index is 0.0236. The Morgan fingerprint density at radius 2 is 1.83 bits per heavy atom. The SMILES string of the molecule is Oc1cccc(C(F)(F)F)c1Oc1ccccn1. The average Bonchev–Trinajstić information content (AvgIpc) is 2.32. The third-order valence-corrected chi connectivity index (χ3v) is 2.14. The third-order valence-electron chi connectivity index (χ3n) is 2.14. The highest BCUT2D eigenvalue weighted by molar-refractivity contribution is 5.48. The number of phenolic OH excluding ortho intramolecular Hbond substituents is 1. The molecule has 94 valence electrons. The zero-order valence-corrected chi connectivity index (χ0v) is 8.98. The normalized spacial score (nSPS) is 11.3. The van der Waals surface area contributed by atoms with E-state index in [0.717, 1.165) is 18.2 Å². The van der Waals surface area contributed by atoms with Crippen molar-refractivity contribution in [3.63, 3.8) is 0 Å². The van der Waals surface area contributed by atoms with Gasteiger partial charge in [-0.05, 0) is 18.2 Å². The number of pyridine rings is 1. The summed E-state index contributed by atoms with van der Waals surface area (Å²) in [5.74, 6) is -1.26. The Labute approximate surface area is 100 Å². The van der Waals surface area contributed by atoms with E-state index >= 15 is 0 Å². The van der Waals surface area contributed by atoms with Crippen LogP contribution in [0.25, 0.3) is 0 Å². The number of aromatic hydroxyl groups is 1. The molecule has 0 radical (unpaired) electrons. The smallest absolute Gasteiger partial charge is 0.420 e. The van der Waals surface area contributed by atoms with Crippen molar-refractivity contribution in [1.29, 1.82) is 0 Å². The van der Waals surface area contributed by atoms with Crippen LogP contribution in [-0.4, -0.2) is 10.1 Å². The van der Waals surface area contributed by atoms with Gasteiger partial charge >= 0.3 is 6.18 Å². The van der Waals surface area contributed by atoms with Crippen molar-refractivity contribution in [3.05, 3.63) is 48.2 Å². The lowest BCUT2D eigenvalue weighted by Gasteiger charge is -2.13. The number of alkyl halides is 3. The van der Waals surface area contributed by atoms with Crippen LogP contribution in [0, 0.1) is 0 Å². The molecule has 0 spiro atoms. The highest BCUT2D eigenvalue weighted by atomic mass is 19.4. The molecule has 2 aromatic rings. The van der Waals surface area contributed by atoms with E-state index in [-0.39, 0.29) is 5.88 Å². The molecule has 1 heterocycles. The highest BCUT2D eigenvalue weighted by Crippen LogP contribution is 2.42. The maximum atomic E-state index is 12.7. The lowest BCUT2D eigenvalue weighted by atomic mass is 10.2. The van der Waals surface area contributed by atoms with Gasteiger partial charge in [0.2, 0.25) is 5.88 Å². The van der Waals surface area contributed by atoms with E-state index < -0.39 is 23.2 Å². The van der Waals surface area contributed by atoms with Gasteiger partial charge in [0.15, 0.2) is 11.5 Å². The van der Waals surface area contributed by atoms with Crippen LogP contribution >= 0.6 is 0 Å². The first-order valence-corrected chi connectivity index (χ1v) is 4.96. The summed E-state index contributed by atoms with van der Waals surface area (Å²) in [6, 6.07) is 7.61. The van der Waals surface area contributed by atoms with Gasteiger partial charge in [-0.25, -0.2) is 4.98 Å². The van der Waals surface area contributed by atoms with Crippen LogP contribution in [0.1, 0.15) is 5.56 Å². The molecule has 3 nitrogen and oxygen atoms in total. The minimum Gasteiger partial charge on any atom is -0.504 e. The summed E-state index contributed by atoms with van der Waals surface area (Å²) in [4.78, 5) is 3.74. The van der Waals surface area contributed by atoms with E-state index in [2.05, 4.69) is 4.98 Å². The molecule has 0 aliphatic heterocycles. The van der Waals surface area contributed by atoms with Gasteiger partial charge in [0, 0.05) is 12.3 Å². The Morgan fingerprint density at radius 1 is 1.06 bits per heavy atom. The van der Waals surface area contributed by atoms with Crippen molar-refractivity contribution in [2.45, 2.75) is 6.18 Å². The maximum Gasteiger partial charge on any atom is 0.420 e. The second kappa shape index (κ2) is 4.56. The number of ether oxygens (including phenoxy) is 1. The van der Waals surface area contributed by atoms with Gasteiger partial charge in [-0.1, -0.05) is 12.1 Å². The molecule has 0 unspecified atom stereocenters.